The highest BCUT2D eigenvalue weighted by Crippen LogP contribution is 2.25. The molecule has 0 bridgehead atoms. The standard InChI is InChI=1S/C17H24BrN3O4/c1-17(2,3)25-16(22)20-14-6-4-5-13(14)19-10-11-7-8-12(18)9-15(11)21(23)24/h7-9,13-14,19H,4-6,10H2,1-3H3,(H,20,22). The first kappa shape index (κ1) is 19.7. The zero-order valence-electron chi connectivity index (χ0n) is 14.7. The van der Waals surface area contributed by atoms with Crippen molar-refractivity contribution in [3.05, 3.63) is 38.3 Å². The molecule has 0 aromatic heterocycles. The summed E-state index contributed by atoms with van der Waals surface area (Å²) in [5.41, 5.74) is 0.163. The Labute approximate surface area is 155 Å². The van der Waals surface area contributed by atoms with Crippen LogP contribution in [0.4, 0.5) is 10.5 Å². The molecule has 1 aromatic rings. The van der Waals surface area contributed by atoms with E-state index in [1.54, 1.807) is 12.1 Å². The normalized spacial score (nSPS) is 20.3. The fraction of sp³-hybridized carbons (Fsp3) is 0.588. The Morgan fingerprint density at radius 2 is 2.04 bits per heavy atom. The van der Waals surface area contributed by atoms with E-state index in [1.807, 2.05) is 20.8 Å². The Kier molecular flexibility index (Phi) is 6.40. The van der Waals surface area contributed by atoms with Gasteiger partial charge in [0.2, 0.25) is 0 Å². The molecule has 138 valence electrons. The lowest BCUT2D eigenvalue weighted by atomic mass is 10.1. The van der Waals surface area contributed by atoms with Gasteiger partial charge >= 0.3 is 6.09 Å². The molecule has 25 heavy (non-hydrogen) atoms. The first-order valence-electron chi connectivity index (χ1n) is 8.31. The number of hydrogen-bond donors (Lipinski definition) is 2. The summed E-state index contributed by atoms with van der Waals surface area (Å²) in [6, 6.07) is 5.05. The van der Waals surface area contributed by atoms with Crippen molar-refractivity contribution in [2.45, 2.75) is 64.3 Å². The molecule has 8 heteroatoms. The summed E-state index contributed by atoms with van der Waals surface area (Å²) in [5, 5.41) is 17.4. The number of nitrogens with one attached hydrogen (secondary N) is 2. The molecule has 0 radical (unpaired) electrons. The minimum absolute atomic E-state index is 0.0376. The number of hydrogen-bond acceptors (Lipinski definition) is 5. The lowest BCUT2D eigenvalue weighted by Gasteiger charge is -2.25. The van der Waals surface area contributed by atoms with Gasteiger partial charge in [0.05, 0.1) is 4.92 Å². The van der Waals surface area contributed by atoms with Gasteiger partial charge in [-0.1, -0.05) is 15.9 Å². The number of nitro groups is 1. The van der Waals surface area contributed by atoms with Crippen molar-refractivity contribution >= 4 is 27.7 Å². The molecule has 0 aliphatic heterocycles. The fourth-order valence-corrected chi connectivity index (χ4v) is 3.28. The van der Waals surface area contributed by atoms with E-state index in [0.29, 0.717) is 16.6 Å². The Morgan fingerprint density at radius 1 is 1.36 bits per heavy atom. The molecule has 2 unspecified atom stereocenters. The largest absolute Gasteiger partial charge is 0.444 e. The van der Waals surface area contributed by atoms with Crippen molar-refractivity contribution in [1.82, 2.24) is 10.6 Å². The van der Waals surface area contributed by atoms with Gasteiger partial charge in [0, 0.05) is 34.7 Å². The predicted molar refractivity (Wildman–Crippen MR) is 98.4 cm³/mol. The number of ether oxygens (including phenoxy) is 1. The van der Waals surface area contributed by atoms with E-state index >= 15 is 0 Å². The third-order valence-corrected chi connectivity index (χ3v) is 4.51. The van der Waals surface area contributed by atoms with Gasteiger partial charge in [-0.05, 0) is 52.2 Å². The maximum absolute atomic E-state index is 12.0. The third kappa shape index (κ3) is 5.97. The number of nitro benzene ring substituents is 1. The van der Waals surface area contributed by atoms with Crippen LogP contribution in [0.15, 0.2) is 22.7 Å². The highest BCUT2D eigenvalue weighted by atomic mass is 79.9. The van der Waals surface area contributed by atoms with Gasteiger partial charge in [-0.25, -0.2) is 4.79 Å². The van der Waals surface area contributed by atoms with Crippen molar-refractivity contribution in [1.29, 1.82) is 0 Å². The number of carbonyl (C=O) groups excluding carboxylic acids is 1. The van der Waals surface area contributed by atoms with Crippen LogP contribution in [0.1, 0.15) is 45.6 Å². The fourth-order valence-electron chi connectivity index (χ4n) is 2.93. The molecule has 0 spiro atoms. The average Bonchev–Trinajstić information content (AvgIpc) is 2.90. The van der Waals surface area contributed by atoms with Crippen LogP contribution in [0.25, 0.3) is 0 Å². The molecule has 1 aliphatic carbocycles. The van der Waals surface area contributed by atoms with E-state index in [9.17, 15) is 14.9 Å². The third-order valence-electron chi connectivity index (χ3n) is 4.02. The monoisotopic (exact) mass is 413 g/mol. The van der Waals surface area contributed by atoms with Crippen LogP contribution >= 0.6 is 15.9 Å². The highest BCUT2D eigenvalue weighted by molar-refractivity contribution is 9.10. The Hall–Kier alpha value is -1.67. The molecule has 2 atom stereocenters. The number of carbonyl (C=O) groups is 1. The van der Waals surface area contributed by atoms with E-state index in [1.165, 1.54) is 6.07 Å². The minimum Gasteiger partial charge on any atom is -0.444 e. The zero-order valence-corrected chi connectivity index (χ0v) is 16.3. The molecular formula is C17H24BrN3O4. The molecule has 1 saturated carbocycles. The Balaban J connectivity index is 1.96. The lowest BCUT2D eigenvalue weighted by Crippen LogP contribution is -2.47. The van der Waals surface area contributed by atoms with E-state index in [-0.39, 0.29) is 22.7 Å². The van der Waals surface area contributed by atoms with Gasteiger partial charge in [-0.15, -0.1) is 0 Å². The van der Waals surface area contributed by atoms with Crippen LogP contribution in [0.5, 0.6) is 0 Å². The summed E-state index contributed by atoms with van der Waals surface area (Å²) in [4.78, 5) is 22.8. The van der Waals surface area contributed by atoms with Crippen LogP contribution in [0, 0.1) is 10.1 Å². The summed E-state index contributed by atoms with van der Waals surface area (Å²) in [7, 11) is 0. The Bertz CT molecular complexity index is 645. The van der Waals surface area contributed by atoms with Crippen LogP contribution in [-0.2, 0) is 11.3 Å². The summed E-state index contributed by atoms with van der Waals surface area (Å²) < 4.78 is 5.98. The summed E-state index contributed by atoms with van der Waals surface area (Å²) >= 11 is 3.26. The van der Waals surface area contributed by atoms with E-state index < -0.39 is 11.7 Å². The number of halogens is 1. The second-order valence-electron chi connectivity index (χ2n) is 7.20. The number of amides is 1. The van der Waals surface area contributed by atoms with Gasteiger partial charge in [0.1, 0.15) is 5.60 Å². The molecule has 1 aromatic carbocycles. The molecule has 1 fully saturated rings. The number of alkyl carbamates (subject to hydrolysis) is 1. The first-order valence-corrected chi connectivity index (χ1v) is 9.11. The average molecular weight is 414 g/mol. The summed E-state index contributed by atoms with van der Waals surface area (Å²) in [6.45, 7) is 5.84. The minimum atomic E-state index is -0.538. The van der Waals surface area contributed by atoms with Crippen LogP contribution in [-0.4, -0.2) is 28.7 Å². The van der Waals surface area contributed by atoms with Crippen LogP contribution in [0.3, 0.4) is 0 Å². The second-order valence-corrected chi connectivity index (χ2v) is 8.12. The molecule has 2 rings (SSSR count). The Morgan fingerprint density at radius 3 is 2.68 bits per heavy atom. The first-order chi connectivity index (χ1) is 11.7. The van der Waals surface area contributed by atoms with Crippen molar-refractivity contribution in [3.8, 4) is 0 Å². The summed E-state index contributed by atoms with van der Waals surface area (Å²) in [6.07, 6.45) is 2.32. The number of benzene rings is 1. The quantitative estimate of drug-likeness (QED) is 0.563. The maximum atomic E-state index is 12.0. The van der Waals surface area contributed by atoms with E-state index in [0.717, 1.165) is 19.3 Å². The summed E-state index contributed by atoms with van der Waals surface area (Å²) in [5.74, 6) is 0. The smallest absolute Gasteiger partial charge is 0.407 e. The van der Waals surface area contributed by atoms with Crippen molar-refractivity contribution in [3.63, 3.8) is 0 Å². The predicted octanol–water partition coefficient (Wildman–Crippen LogP) is 3.89. The van der Waals surface area contributed by atoms with Gasteiger partial charge in [0.25, 0.3) is 5.69 Å². The van der Waals surface area contributed by atoms with Gasteiger partial charge in [-0.2, -0.15) is 0 Å². The molecule has 0 saturated heterocycles. The van der Waals surface area contributed by atoms with Crippen LogP contribution in [0.2, 0.25) is 0 Å². The molecular weight excluding hydrogens is 390 g/mol. The SMILES string of the molecule is CC(C)(C)OC(=O)NC1CCCC1NCc1ccc(Br)cc1[N+](=O)[O-]. The van der Waals surface area contributed by atoms with Crippen molar-refractivity contribution in [2.75, 3.05) is 0 Å². The van der Waals surface area contributed by atoms with Gasteiger partial charge < -0.3 is 15.4 Å². The number of rotatable bonds is 5. The molecule has 1 aliphatic rings. The molecule has 1 amide bonds. The lowest BCUT2D eigenvalue weighted by molar-refractivity contribution is -0.385. The maximum Gasteiger partial charge on any atom is 0.407 e. The molecule has 7 nitrogen and oxygen atoms in total. The van der Waals surface area contributed by atoms with E-state index in [2.05, 4.69) is 26.6 Å². The van der Waals surface area contributed by atoms with Crippen molar-refractivity contribution in [2.24, 2.45) is 0 Å². The topological polar surface area (TPSA) is 93.5 Å². The second kappa shape index (κ2) is 8.14. The zero-order chi connectivity index (χ0) is 18.6. The molecule has 2 N–H and O–H groups in total. The van der Waals surface area contributed by atoms with Gasteiger partial charge in [-0.3, -0.25) is 10.1 Å². The molecule has 0 heterocycles. The van der Waals surface area contributed by atoms with E-state index in [4.69, 9.17) is 4.74 Å². The van der Waals surface area contributed by atoms with Crippen molar-refractivity contribution < 1.29 is 14.5 Å². The van der Waals surface area contributed by atoms with Crippen LogP contribution < -0.4 is 10.6 Å². The number of nitrogens with zero attached hydrogens (tertiary/aromatic N) is 1. The highest BCUT2D eigenvalue weighted by Gasteiger charge is 2.30. The van der Waals surface area contributed by atoms with Gasteiger partial charge in [0.15, 0.2) is 0 Å².